The van der Waals surface area contributed by atoms with Crippen molar-refractivity contribution in [3.05, 3.63) is 11.6 Å². The predicted molar refractivity (Wildman–Crippen MR) is 57.7 cm³/mol. The SMILES string of the molecule is CCN1CC=C(CCC(C)N)CC1. The number of hydrogen-bond acceptors (Lipinski definition) is 2. The zero-order valence-corrected chi connectivity index (χ0v) is 8.92. The van der Waals surface area contributed by atoms with Gasteiger partial charge in [-0.1, -0.05) is 18.6 Å². The molecule has 0 aromatic rings. The predicted octanol–water partition coefficient (Wildman–Crippen LogP) is 1.77. The fourth-order valence-corrected chi connectivity index (χ4v) is 1.68. The van der Waals surface area contributed by atoms with Crippen molar-refractivity contribution in [3.63, 3.8) is 0 Å². The van der Waals surface area contributed by atoms with Crippen LogP contribution in [0.15, 0.2) is 11.6 Å². The first-order valence-electron chi connectivity index (χ1n) is 5.38. The van der Waals surface area contributed by atoms with Crippen molar-refractivity contribution >= 4 is 0 Å². The molecule has 2 nitrogen and oxygen atoms in total. The Balaban J connectivity index is 2.25. The van der Waals surface area contributed by atoms with Crippen LogP contribution in [0.5, 0.6) is 0 Å². The molecule has 0 amide bonds. The number of nitrogens with two attached hydrogens (primary N) is 1. The van der Waals surface area contributed by atoms with E-state index < -0.39 is 0 Å². The minimum atomic E-state index is 0.352. The molecule has 0 aromatic carbocycles. The van der Waals surface area contributed by atoms with Gasteiger partial charge in [0.1, 0.15) is 0 Å². The van der Waals surface area contributed by atoms with Gasteiger partial charge in [-0.15, -0.1) is 0 Å². The Hall–Kier alpha value is -0.340. The van der Waals surface area contributed by atoms with Gasteiger partial charge < -0.3 is 5.73 Å². The normalized spacial score (nSPS) is 21.3. The second kappa shape index (κ2) is 5.40. The molecule has 13 heavy (non-hydrogen) atoms. The molecule has 1 unspecified atom stereocenters. The molecule has 1 rings (SSSR count). The second-order valence-electron chi connectivity index (χ2n) is 4.02. The largest absolute Gasteiger partial charge is 0.328 e. The molecule has 0 aromatic heterocycles. The van der Waals surface area contributed by atoms with E-state index in [4.69, 9.17) is 5.73 Å². The molecule has 0 saturated heterocycles. The first-order valence-corrected chi connectivity index (χ1v) is 5.38. The molecule has 76 valence electrons. The third-order valence-corrected chi connectivity index (χ3v) is 2.76. The molecule has 0 saturated carbocycles. The van der Waals surface area contributed by atoms with Crippen LogP contribution in [-0.4, -0.2) is 30.6 Å². The molecule has 0 fully saturated rings. The molecular weight excluding hydrogens is 160 g/mol. The first-order chi connectivity index (χ1) is 6.22. The highest BCUT2D eigenvalue weighted by molar-refractivity contribution is 5.07. The summed E-state index contributed by atoms with van der Waals surface area (Å²) in [6.07, 6.45) is 5.98. The van der Waals surface area contributed by atoms with Gasteiger partial charge in [0.05, 0.1) is 0 Å². The monoisotopic (exact) mass is 182 g/mol. The summed E-state index contributed by atoms with van der Waals surface area (Å²) in [5, 5.41) is 0. The third-order valence-electron chi connectivity index (χ3n) is 2.76. The summed E-state index contributed by atoms with van der Waals surface area (Å²) < 4.78 is 0. The van der Waals surface area contributed by atoms with E-state index in [1.165, 1.54) is 25.9 Å². The minimum absolute atomic E-state index is 0.352. The number of rotatable bonds is 4. The van der Waals surface area contributed by atoms with Crippen LogP contribution in [0.25, 0.3) is 0 Å². The molecular formula is C11H22N2. The van der Waals surface area contributed by atoms with Crippen molar-refractivity contribution in [3.8, 4) is 0 Å². The summed E-state index contributed by atoms with van der Waals surface area (Å²) in [6, 6.07) is 0.352. The van der Waals surface area contributed by atoms with Gasteiger partial charge in [0, 0.05) is 19.1 Å². The zero-order valence-electron chi connectivity index (χ0n) is 8.92. The fraction of sp³-hybridized carbons (Fsp3) is 0.818. The Labute approximate surface area is 81.8 Å². The van der Waals surface area contributed by atoms with E-state index >= 15 is 0 Å². The Morgan fingerprint density at radius 3 is 2.85 bits per heavy atom. The van der Waals surface area contributed by atoms with E-state index in [-0.39, 0.29) is 0 Å². The highest BCUT2D eigenvalue weighted by Gasteiger charge is 2.09. The van der Waals surface area contributed by atoms with Gasteiger partial charge in [0.15, 0.2) is 0 Å². The molecule has 1 heterocycles. The first kappa shape index (κ1) is 10.7. The number of nitrogens with zero attached hydrogens (tertiary/aromatic N) is 1. The molecule has 0 aliphatic carbocycles. The summed E-state index contributed by atoms with van der Waals surface area (Å²) >= 11 is 0. The third kappa shape index (κ3) is 3.92. The average molecular weight is 182 g/mol. The Morgan fingerprint density at radius 2 is 2.38 bits per heavy atom. The van der Waals surface area contributed by atoms with E-state index in [0.717, 1.165) is 13.0 Å². The van der Waals surface area contributed by atoms with E-state index in [9.17, 15) is 0 Å². The Kier molecular flexibility index (Phi) is 4.46. The van der Waals surface area contributed by atoms with Gasteiger partial charge in [0.25, 0.3) is 0 Å². The van der Waals surface area contributed by atoms with Crippen LogP contribution in [0.1, 0.15) is 33.1 Å². The summed E-state index contributed by atoms with van der Waals surface area (Å²) in [7, 11) is 0. The topological polar surface area (TPSA) is 29.3 Å². The summed E-state index contributed by atoms with van der Waals surface area (Å²) in [5.74, 6) is 0. The van der Waals surface area contributed by atoms with Gasteiger partial charge in [-0.2, -0.15) is 0 Å². The van der Waals surface area contributed by atoms with Crippen molar-refractivity contribution < 1.29 is 0 Å². The molecule has 1 aliphatic rings. The number of hydrogen-bond donors (Lipinski definition) is 1. The van der Waals surface area contributed by atoms with Crippen molar-refractivity contribution in [1.82, 2.24) is 4.90 Å². The van der Waals surface area contributed by atoms with Gasteiger partial charge in [-0.3, -0.25) is 4.90 Å². The van der Waals surface area contributed by atoms with E-state index in [1.807, 2.05) is 0 Å². The average Bonchev–Trinajstić information content (AvgIpc) is 2.15. The fourth-order valence-electron chi connectivity index (χ4n) is 1.68. The molecule has 2 heteroatoms. The molecule has 0 bridgehead atoms. The van der Waals surface area contributed by atoms with E-state index in [0.29, 0.717) is 6.04 Å². The van der Waals surface area contributed by atoms with Gasteiger partial charge >= 0.3 is 0 Å². The smallest absolute Gasteiger partial charge is 0.0165 e. The van der Waals surface area contributed by atoms with Crippen LogP contribution in [0.2, 0.25) is 0 Å². The standard InChI is InChI=1S/C11H22N2/c1-3-13-8-6-11(7-9-13)5-4-10(2)12/h6,10H,3-5,7-9,12H2,1-2H3. The van der Waals surface area contributed by atoms with Crippen LogP contribution in [0, 0.1) is 0 Å². The van der Waals surface area contributed by atoms with Gasteiger partial charge in [0.2, 0.25) is 0 Å². The lowest BCUT2D eigenvalue weighted by Crippen LogP contribution is -2.28. The minimum Gasteiger partial charge on any atom is -0.328 e. The zero-order chi connectivity index (χ0) is 9.68. The van der Waals surface area contributed by atoms with Crippen LogP contribution in [-0.2, 0) is 0 Å². The summed E-state index contributed by atoms with van der Waals surface area (Å²) in [4.78, 5) is 2.47. The molecule has 1 aliphatic heterocycles. The lowest BCUT2D eigenvalue weighted by molar-refractivity contribution is 0.307. The van der Waals surface area contributed by atoms with Crippen molar-refractivity contribution in [1.29, 1.82) is 0 Å². The summed E-state index contributed by atoms with van der Waals surface area (Å²) in [6.45, 7) is 7.87. The lowest BCUT2D eigenvalue weighted by atomic mass is 10.0. The summed E-state index contributed by atoms with van der Waals surface area (Å²) in [5.41, 5.74) is 7.34. The molecule has 0 spiro atoms. The number of likely N-dealkylation sites (N-methyl/N-ethyl adjacent to an activating group) is 1. The lowest BCUT2D eigenvalue weighted by Gasteiger charge is -2.25. The maximum Gasteiger partial charge on any atom is 0.0165 e. The molecule has 2 N–H and O–H groups in total. The highest BCUT2D eigenvalue weighted by atomic mass is 15.1. The van der Waals surface area contributed by atoms with Crippen LogP contribution in [0.4, 0.5) is 0 Å². The van der Waals surface area contributed by atoms with Crippen molar-refractivity contribution in [2.24, 2.45) is 5.73 Å². The van der Waals surface area contributed by atoms with Crippen molar-refractivity contribution in [2.45, 2.75) is 39.2 Å². The highest BCUT2D eigenvalue weighted by Crippen LogP contribution is 2.16. The van der Waals surface area contributed by atoms with Gasteiger partial charge in [-0.05, 0) is 32.7 Å². The Bertz CT molecular complexity index is 173. The van der Waals surface area contributed by atoms with E-state index in [2.05, 4.69) is 24.8 Å². The van der Waals surface area contributed by atoms with E-state index in [1.54, 1.807) is 5.57 Å². The van der Waals surface area contributed by atoms with Crippen molar-refractivity contribution in [2.75, 3.05) is 19.6 Å². The van der Waals surface area contributed by atoms with Crippen LogP contribution < -0.4 is 5.73 Å². The molecule has 1 atom stereocenters. The van der Waals surface area contributed by atoms with Gasteiger partial charge in [-0.25, -0.2) is 0 Å². The van der Waals surface area contributed by atoms with Crippen LogP contribution >= 0.6 is 0 Å². The van der Waals surface area contributed by atoms with Crippen LogP contribution in [0.3, 0.4) is 0 Å². The maximum absolute atomic E-state index is 5.73. The quantitative estimate of drug-likeness (QED) is 0.671. The maximum atomic E-state index is 5.73. The molecule has 0 radical (unpaired) electrons. The Morgan fingerprint density at radius 1 is 1.62 bits per heavy atom. The second-order valence-corrected chi connectivity index (χ2v) is 4.02.